The van der Waals surface area contributed by atoms with Crippen LogP contribution in [0.2, 0.25) is 0 Å². The molecule has 0 bridgehead atoms. The van der Waals surface area contributed by atoms with Gasteiger partial charge in [0.05, 0.1) is 16.4 Å². The van der Waals surface area contributed by atoms with Gasteiger partial charge in [0.2, 0.25) is 0 Å². The average Bonchev–Trinajstić information content (AvgIpc) is 2.98. The first-order valence-corrected chi connectivity index (χ1v) is 15.0. The minimum absolute atomic E-state index is 0.00993. The Hall–Kier alpha value is -4.49. The van der Waals surface area contributed by atoms with Crippen LogP contribution in [0.25, 0.3) is 0 Å². The van der Waals surface area contributed by atoms with Crippen molar-refractivity contribution in [1.82, 2.24) is 0 Å². The van der Waals surface area contributed by atoms with E-state index in [-0.39, 0.29) is 39.4 Å². The van der Waals surface area contributed by atoms with E-state index in [1.54, 1.807) is 60.7 Å². The van der Waals surface area contributed by atoms with Crippen molar-refractivity contribution >= 4 is 23.1 Å². The molecular formula is C34H25F6O3P. The van der Waals surface area contributed by atoms with E-state index in [9.17, 15) is 26.3 Å². The van der Waals surface area contributed by atoms with Crippen molar-refractivity contribution in [2.24, 2.45) is 0 Å². The fourth-order valence-corrected chi connectivity index (χ4v) is 7.55. The Bertz CT molecular complexity index is 1790. The lowest BCUT2D eigenvalue weighted by Crippen LogP contribution is -2.26. The molecule has 10 heteroatoms. The highest BCUT2D eigenvalue weighted by Gasteiger charge is 2.36. The van der Waals surface area contributed by atoms with E-state index in [1.165, 1.54) is 56.3 Å². The van der Waals surface area contributed by atoms with Gasteiger partial charge in [-0.2, -0.15) is 26.3 Å². The SMILES string of the molecule is Cc1ccc(Oc2ccc(P(=O)(c3ccccc3)c3ccccc3)c(Oc3ccc(C)c(C(F)(F)F)c3)c2)cc1C(F)(F)F. The van der Waals surface area contributed by atoms with E-state index in [0.29, 0.717) is 10.6 Å². The molecule has 0 aliphatic heterocycles. The van der Waals surface area contributed by atoms with Crippen LogP contribution in [0.3, 0.4) is 0 Å². The molecule has 44 heavy (non-hydrogen) atoms. The molecule has 0 saturated carbocycles. The summed E-state index contributed by atoms with van der Waals surface area (Å²) < 4.78 is 109. The van der Waals surface area contributed by atoms with E-state index in [2.05, 4.69) is 0 Å². The summed E-state index contributed by atoms with van der Waals surface area (Å²) in [6, 6.07) is 28.3. The summed E-state index contributed by atoms with van der Waals surface area (Å²) in [5.74, 6) is -0.357. The second-order valence-corrected chi connectivity index (χ2v) is 12.8. The molecule has 0 aromatic heterocycles. The molecule has 0 fully saturated rings. The Morgan fingerprint density at radius 3 is 1.39 bits per heavy atom. The second kappa shape index (κ2) is 11.9. The van der Waals surface area contributed by atoms with Crippen LogP contribution < -0.4 is 25.4 Å². The van der Waals surface area contributed by atoms with E-state index in [1.807, 2.05) is 0 Å². The minimum atomic E-state index is -4.65. The number of halogens is 6. The van der Waals surface area contributed by atoms with Crippen LogP contribution in [-0.4, -0.2) is 0 Å². The number of hydrogen-bond donors (Lipinski definition) is 0. The van der Waals surface area contributed by atoms with Crippen molar-refractivity contribution < 1.29 is 40.4 Å². The number of rotatable bonds is 7. The van der Waals surface area contributed by atoms with Crippen molar-refractivity contribution in [2.75, 3.05) is 0 Å². The molecule has 0 saturated heterocycles. The zero-order chi connectivity index (χ0) is 31.7. The summed E-state index contributed by atoms with van der Waals surface area (Å²) in [7, 11) is -3.70. The normalized spacial score (nSPS) is 12.2. The van der Waals surface area contributed by atoms with Gasteiger partial charge in [-0.05, 0) is 61.4 Å². The maximum absolute atomic E-state index is 15.1. The Balaban J connectivity index is 1.68. The van der Waals surface area contributed by atoms with Crippen molar-refractivity contribution in [3.8, 4) is 23.0 Å². The number of alkyl halides is 6. The van der Waals surface area contributed by atoms with Crippen LogP contribution in [0.5, 0.6) is 23.0 Å². The first-order chi connectivity index (χ1) is 20.8. The van der Waals surface area contributed by atoms with Gasteiger partial charge in [0, 0.05) is 16.7 Å². The summed E-state index contributed by atoms with van der Waals surface area (Å²) >= 11 is 0. The van der Waals surface area contributed by atoms with Crippen molar-refractivity contribution in [1.29, 1.82) is 0 Å². The summed E-state index contributed by atoms with van der Waals surface area (Å²) in [5.41, 5.74) is -1.78. The third-order valence-corrected chi connectivity index (χ3v) is 10.1. The molecule has 0 atom stereocenters. The summed E-state index contributed by atoms with van der Waals surface area (Å²) in [4.78, 5) is 0. The van der Waals surface area contributed by atoms with Crippen molar-refractivity contribution in [3.05, 3.63) is 138 Å². The number of aryl methyl sites for hydroxylation is 2. The van der Waals surface area contributed by atoms with E-state index >= 15 is 4.57 Å². The van der Waals surface area contributed by atoms with Crippen LogP contribution in [-0.2, 0) is 16.9 Å². The summed E-state index contributed by atoms with van der Waals surface area (Å²) in [6.45, 7) is 2.65. The molecule has 5 rings (SSSR count). The van der Waals surface area contributed by atoms with E-state index < -0.39 is 30.6 Å². The highest BCUT2D eigenvalue weighted by atomic mass is 31.2. The third kappa shape index (κ3) is 6.38. The van der Waals surface area contributed by atoms with E-state index in [4.69, 9.17) is 9.47 Å². The van der Waals surface area contributed by atoms with Gasteiger partial charge in [0.1, 0.15) is 23.0 Å². The van der Waals surface area contributed by atoms with Gasteiger partial charge in [-0.25, -0.2) is 0 Å². The molecule has 5 aromatic rings. The highest BCUT2D eigenvalue weighted by Crippen LogP contribution is 2.47. The van der Waals surface area contributed by atoms with Crippen molar-refractivity contribution in [2.45, 2.75) is 26.2 Å². The Labute approximate surface area is 250 Å². The lowest BCUT2D eigenvalue weighted by atomic mass is 10.1. The van der Waals surface area contributed by atoms with Gasteiger partial charge in [-0.3, -0.25) is 0 Å². The maximum atomic E-state index is 15.1. The molecule has 0 N–H and O–H groups in total. The lowest BCUT2D eigenvalue weighted by molar-refractivity contribution is -0.139. The fraction of sp³-hybridized carbons (Fsp3) is 0.118. The second-order valence-electron chi connectivity index (χ2n) is 10.1. The number of benzene rings is 5. The third-order valence-electron chi connectivity index (χ3n) is 7.00. The molecule has 0 heterocycles. The molecule has 0 spiro atoms. The quantitative estimate of drug-likeness (QED) is 0.133. The minimum Gasteiger partial charge on any atom is -0.457 e. The van der Waals surface area contributed by atoms with Gasteiger partial charge in [0.15, 0.2) is 7.14 Å². The molecule has 0 aliphatic carbocycles. The van der Waals surface area contributed by atoms with Gasteiger partial charge in [-0.15, -0.1) is 0 Å². The number of ether oxygens (including phenoxy) is 2. The standard InChI is InChI=1S/C34H25F6O3P/c1-22-13-15-24(19-29(22)33(35,36)37)42-26-17-18-32(31(21-26)43-25-16-14-23(2)30(20-25)34(38,39)40)44(41,27-9-5-3-6-10-27)28-11-7-4-8-12-28/h3-21H,1-2H3. The highest BCUT2D eigenvalue weighted by molar-refractivity contribution is 7.85. The van der Waals surface area contributed by atoms with Gasteiger partial charge < -0.3 is 14.0 Å². The first-order valence-electron chi connectivity index (χ1n) is 13.3. The van der Waals surface area contributed by atoms with Crippen molar-refractivity contribution in [3.63, 3.8) is 0 Å². The molecule has 3 nitrogen and oxygen atoms in total. The average molecular weight is 627 g/mol. The smallest absolute Gasteiger partial charge is 0.416 e. The molecule has 0 radical (unpaired) electrons. The topological polar surface area (TPSA) is 35.5 Å². The summed E-state index contributed by atoms with van der Waals surface area (Å²) in [5, 5.41) is 1.05. The lowest BCUT2D eigenvalue weighted by Gasteiger charge is -2.23. The molecule has 0 amide bonds. The predicted molar refractivity (Wildman–Crippen MR) is 158 cm³/mol. The van der Waals surface area contributed by atoms with Crippen LogP contribution in [0.1, 0.15) is 22.3 Å². The molecule has 226 valence electrons. The van der Waals surface area contributed by atoms with Crippen LogP contribution >= 0.6 is 7.14 Å². The van der Waals surface area contributed by atoms with Crippen LogP contribution in [0.4, 0.5) is 26.3 Å². The Kier molecular flexibility index (Phi) is 8.36. The summed E-state index contributed by atoms with van der Waals surface area (Å²) in [6.07, 6.45) is -9.26. The van der Waals surface area contributed by atoms with Crippen LogP contribution in [0.15, 0.2) is 115 Å². The molecule has 0 aliphatic rings. The molecular weight excluding hydrogens is 601 g/mol. The van der Waals surface area contributed by atoms with Gasteiger partial charge in [-0.1, -0.05) is 72.8 Å². The number of hydrogen-bond acceptors (Lipinski definition) is 3. The van der Waals surface area contributed by atoms with Gasteiger partial charge >= 0.3 is 12.4 Å². The predicted octanol–water partition coefficient (Wildman–Crippen LogP) is 9.57. The Morgan fingerprint density at radius 1 is 0.523 bits per heavy atom. The molecule has 0 unspecified atom stereocenters. The van der Waals surface area contributed by atoms with Crippen LogP contribution in [0, 0.1) is 13.8 Å². The fourth-order valence-electron chi connectivity index (χ4n) is 4.81. The monoisotopic (exact) mass is 626 g/mol. The van der Waals surface area contributed by atoms with E-state index in [0.717, 1.165) is 12.1 Å². The Morgan fingerprint density at radius 2 is 0.932 bits per heavy atom. The largest absolute Gasteiger partial charge is 0.457 e. The zero-order valence-electron chi connectivity index (χ0n) is 23.4. The molecule has 5 aromatic carbocycles. The zero-order valence-corrected chi connectivity index (χ0v) is 24.3. The maximum Gasteiger partial charge on any atom is 0.416 e. The first kappa shape index (κ1) is 31.0. The van der Waals surface area contributed by atoms with Gasteiger partial charge in [0.25, 0.3) is 0 Å².